The van der Waals surface area contributed by atoms with Crippen molar-refractivity contribution < 1.29 is 13.2 Å². The molecule has 2 N–H and O–H groups in total. The quantitative estimate of drug-likeness (QED) is 0.754. The molecular formula is C17H24ClN5O3S. The van der Waals surface area contributed by atoms with Crippen LogP contribution in [0.3, 0.4) is 0 Å². The molecule has 1 aromatic heterocycles. The summed E-state index contributed by atoms with van der Waals surface area (Å²) in [4.78, 5) is 18.8. The molecule has 4 rings (SSSR count). The van der Waals surface area contributed by atoms with Crippen molar-refractivity contribution in [2.75, 3.05) is 32.7 Å². The van der Waals surface area contributed by atoms with Gasteiger partial charge in [0.25, 0.3) is 0 Å². The Morgan fingerprint density at radius 3 is 2.52 bits per heavy atom. The summed E-state index contributed by atoms with van der Waals surface area (Å²) in [7, 11) is -3.68. The summed E-state index contributed by atoms with van der Waals surface area (Å²) in [6.07, 6.45) is 5.28. The predicted molar refractivity (Wildman–Crippen MR) is 101 cm³/mol. The summed E-state index contributed by atoms with van der Waals surface area (Å²) < 4.78 is 27.9. The van der Waals surface area contributed by atoms with Crippen LogP contribution in [0.2, 0.25) is 5.02 Å². The molecule has 1 unspecified atom stereocenters. The minimum atomic E-state index is -3.68. The van der Waals surface area contributed by atoms with Crippen molar-refractivity contribution in [3.05, 3.63) is 23.0 Å². The van der Waals surface area contributed by atoms with Crippen molar-refractivity contribution in [1.82, 2.24) is 25.0 Å². The van der Waals surface area contributed by atoms with E-state index in [1.165, 1.54) is 16.6 Å². The number of hydrogen-bond donors (Lipinski definition) is 2. The van der Waals surface area contributed by atoms with Gasteiger partial charge in [0.15, 0.2) is 0 Å². The maximum Gasteiger partial charge on any atom is 0.245 e. The normalized spacial score (nSPS) is 24.8. The van der Waals surface area contributed by atoms with Crippen LogP contribution in [0.25, 0.3) is 0 Å². The van der Waals surface area contributed by atoms with Gasteiger partial charge in [-0.25, -0.2) is 13.8 Å². The number of hydrazine groups is 1. The van der Waals surface area contributed by atoms with Crippen LogP contribution < -0.4 is 10.9 Å². The number of sulfonamides is 1. The van der Waals surface area contributed by atoms with E-state index in [1.807, 2.05) is 0 Å². The van der Waals surface area contributed by atoms with Gasteiger partial charge in [0, 0.05) is 44.8 Å². The molecule has 148 valence electrons. The Balaban J connectivity index is 1.49. The smallest absolute Gasteiger partial charge is 0.245 e. The average Bonchev–Trinajstić information content (AvgIpc) is 3.16. The molecular weight excluding hydrogens is 390 g/mol. The maximum atomic E-state index is 13.2. The second kappa shape index (κ2) is 7.63. The molecule has 8 nitrogen and oxygen atoms in total. The molecule has 3 fully saturated rings. The lowest BCUT2D eigenvalue weighted by Crippen LogP contribution is -2.54. The molecule has 0 spiro atoms. The van der Waals surface area contributed by atoms with Crippen molar-refractivity contribution in [3.8, 4) is 0 Å². The second-order valence-corrected chi connectivity index (χ2v) is 9.65. The first-order valence-corrected chi connectivity index (χ1v) is 11.2. The average molecular weight is 414 g/mol. The number of nitrogens with zero attached hydrogens (tertiary/aromatic N) is 3. The summed E-state index contributed by atoms with van der Waals surface area (Å²) in [5, 5.41) is 0.324. The molecule has 1 aliphatic carbocycles. The van der Waals surface area contributed by atoms with E-state index in [0.717, 1.165) is 32.2 Å². The van der Waals surface area contributed by atoms with Crippen LogP contribution in [-0.2, 0) is 14.8 Å². The summed E-state index contributed by atoms with van der Waals surface area (Å²) in [5.74, 6) is 0.215. The molecule has 2 saturated heterocycles. The minimum Gasteiger partial charge on any atom is -0.339 e. The van der Waals surface area contributed by atoms with E-state index in [4.69, 9.17) is 11.6 Å². The molecule has 3 aliphatic rings. The zero-order chi connectivity index (χ0) is 19.0. The van der Waals surface area contributed by atoms with E-state index in [-0.39, 0.29) is 35.9 Å². The standard InChI is InChI=1S/C17H24ClN5O3S/c18-13-10-15(16(19-11-13)12-2-1-3-12)27(25,26)23-8-6-22(7-9-23)17(24)14-4-5-20-21-14/h10-12,14,20-21H,1-9H2. The van der Waals surface area contributed by atoms with Gasteiger partial charge in [0.2, 0.25) is 15.9 Å². The molecule has 1 aromatic rings. The van der Waals surface area contributed by atoms with Gasteiger partial charge in [0.05, 0.1) is 10.7 Å². The Hall–Kier alpha value is -1.26. The number of aromatic nitrogens is 1. The highest BCUT2D eigenvalue weighted by Gasteiger charge is 2.36. The Kier molecular flexibility index (Phi) is 5.39. The van der Waals surface area contributed by atoms with Gasteiger partial charge in [-0.05, 0) is 25.3 Å². The van der Waals surface area contributed by atoms with Crippen molar-refractivity contribution in [2.45, 2.75) is 42.5 Å². The monoisotopic (exact) mass is 413 g/mol. The Labute approximate surface area is 164 Å². The molecule has 2 aliphatic heterocycles. The zero-order valence-electron chi connectivity index (χ0n) is 15.0. The van der Waals surface area contributed by atoms with Crippen LogP contribution in [0.4, 0.5) is 0 Å². The van der Waals surface area contributed by atoms with Gasteiger partial charge in [0.1, 0.15) is 10.9 Å². The summed E-state index contributed by atoms with van der Waals surface area (Å²) in [5.41, 5.74) is 6.55. The number of carbonyl (C=O) groups is 1. The van der Waals surface area contributed by atoms with Crippen LogP contribution >= 0.6 is 11.6 Å². The highest BCUT2D eigenvalue weighted by Crippen LogP contribution is 2.39. The third-order valence-corrected chi connectivity index (χ3v) is 7.78. The Bertz CT molecular complexity index is 816. The lowest BCUT2D eigenvalue weighted by molar-refractivity contribution is -0.134. The molecule has 1 amide bonds. The van der Waals surface area contributed by atoms with Gasteiger partial charge in [-0.1, -0.05) is 18.0 Å². The number of rotatable bonds is 4. The first-order valence-electron chi connectivity index (χ1n) is 9.39. The Morgan fingerprint density at radius 1 is 1.19 bits per heavy atom. The fraction of sp³-hybridized carbons (Fsp3) is 0.647. The van der Waals surface area contributed by atoms with E-state index in [1.54, 1.807) is 4.90 Å². The van der Waals surface area contributed by atoms with E-state index in [0.29, 0.717) is 23.8 Å². The van der Waals surface area contributed by atoms with Crippen LogP contribution in [0.1, 0.15) is 37.3 Å². The number of amides is 1. The van der Waals surface area contributed by atoms with Crippen LogP contribution in [0.15, 0.2) is 17.2 Å². The molecule has 0 aromatic carbocycles. The molecule has 1 saturated carbocycles. The van der Waals surface area contributed by atoms with Crippen molar-refractivity contribution >= 4 is 27.5 Å². The number of hydrogen-bond acceptors (Lipinski definition) is 6. The van der Waals surface area contributed by atoms with Crippen molar-refractivity contribution in [3.63, 3.8) is 0 Å². The topological polar surface area (TPSA) is 94.6 Å². The third kappa shape index (κ3) is 3.71. The van der Waals surface area contributed by atoms with Gasteiger partial charge < -0.3 is 4.90 Å². The second-order valence-electron chi connectivity index (χ2n) is 7.31. The summed E-state index contributed by atoms with van der Waals surface area (Å²) in [6, 6.07) is 1.29. The van der Waals surface area contributed by atoms with E-state index in [9.17, 15) is 13.2 Å². The molecule has 0 radical (unpaired) electrons. The van der Waals surface area contributed by atoms with Gasteiger partial charge in [-0.15, -0.1) is 0 Å². The largest absolute Gasteiger partial charge is 0.339 e. The third-order valence-electron chi connectivity index (χ3n) is 5.64. The zero-order valence-corrected chi connectivity index (χ0v) is 16.6. The highest BCUT2D eigenvalue weighted by molar-refractivity contribution is 7.89. The number of halogens is 1. The first-order chi connectivity index (χ1) is 13.0. The van der Waals surface area contributed by atoms with Crippen LogP contribution in [-0.4, -0.2) is 67.3 Å². The number of piperazine rings is 1. The molecule has 1 atom stereocenters. The van der Waals surface area contributed by atoms with Gasteiger partial charge in [-0.3, -0.25) is 15.2 Å². The highest BCUT2D eigenvalue weighted by atomic mass is 35.5. The predicted octanol–water partition coefficient (Wildman–Crippen LogP) is 0.702. The van der Waals surface area contributed by atoms with E-state index < -0.39 is 10.0 Å². The lowest BCUT2D eigenvalue weighted by Gasteiger charge is -2.36. The molecule has 27 heavy (non-hydrogen) atoms. The SMILES string of the molecule is O=C(C1CCNN1)N1CCN(S(=O)(=O)c2cc(Cl)cnc2C2CCC2)CC1. The van der Waals surface area contributed by atoms with Crippen molar-refractivity contribution in [2.24, 2.45) is 0 Å². The van der Waals surface area contributed by atoms with Gasteiger partial charge in [-0.2, -0.15) is 4.31 Å². The van der Waals surface area contributed by atoms with Crippen LogP contribution in [0, 0.1) is 0 Å². The number of nitrogens with one attached hydrogen (secondary N) is 2. The molecule has 10 heteroatoms. The first kappa shape index (κ1) is 19.1. The molecule has 3 heterocycles. The Morgan fingerprint density at radius 2 is 1.93 bits per heavy atom. The summed E-state index contributed by atoms with van der Waals surface area (Å²) >= 11 is 6.05. The summed E-state index contributed by atoms with van der Waals surface area (Å²) in [6.45, 7) is 2.11. The fourth-order valence-corrected chi connectivity index (χ4v) is 5.71. The maximum absolute atomic E-state index is 13.2. The van der Waals surface area contributed by atoms with E-state index >= 15 is 0 Å². The van der Waals surface area contributed by atoms with Crippen LogP contribution in [0.5, 0.6) is 0 Å². The van der Waals surface area contributed by atoms with Gasteiger partial charge >= 0.3 is 0 Å². The fourth-order valence-electron chi connectivity index (χ4n) is 3.80. The van der Waals surface area contributed by atoms with E-state index in [2.05, 4.69) is 15.8 Å². The number of carbonyl (C=O) groups excluding carboxylic acids is 1. The lowest BCUT2D eigenvalue weighted by atomic mass is 9.83. The molecule has 0 bridgehead atoms. The minimum absolute atomic E-state index is 0.0247. The van der Waals surface area contributed by atoms with Crippen molar-refractivity contribution in [1.29, 1.82) is 0 Å². The number of pyridine rings is 1.